The first-order valence-corrected chi connectivity index (χ1v) is 8.45. The summed E-state index contributed by atoms with van der Waals surface area (Å²) in [6.45, 7) is 2.13. The van der Waals surface area contributed by atoms with Gasteiger partial charge in [-0.05, 0) is 36.2 Å². The Hall–Kier alpha value is -3.54. The zero-order valence-corrected chi connectivity index (χ0v) is 14.9. The number of nitrogens with one attached hydrogen (secondary N) is 1. The molecule has 6 nitrogen and oxygen atoms in total. The van der Waals surface area contributed by atoms with E-state index >= 15 is 0 Å². The molecule has 0 aliphatic carbocycles. The summed E-state index contributed by atoms with van der Waals surface area (Å²) in [7, 11) is 0. The van der Waals surface area contributed by atoms with Crippen molar-refractivity contribution in [1.82, 2.24) is 4.98 Å². The largest absolute Gasteiger partial charge is 0.488 e. The second-order valence-electron chi connectivity index (χ2n) is 6.26. The topological polar surface area (TPSA) is 105 Å². The summed E-state index contributed by atoms with van der Waals surface area (Å²) in [4.78, 5) is 25.8. The Morgan fingerprint density at radius 2 is 1.81 bits per heavy atom. The van der Waals surface area contributed by atoms with Crippen LogP contribution in [-0.4, -0.2) is 22.0 Å². The fraction of sp³-hybridized carbons (Fsp3) is 0.143. The number of rotatable bonds is 7. The molecule has 3 aromatic rings. The molecule has 0 bridgehead atoms. The lowest BCUT2D eigenvalue weighted by molar-refractivity contribution is -0.136. The van der Waals surface area contributed by atoms with Crippen molar-refractivity contribution in [2.75, 3.05) is 0 Å². The summed E-state index contributed by atoms with van der Waals surface area (Å²) < 4.78 is 5.96. The van der Waals surface area contributed by atoms with Crippen LogP contribution in [-0.2, 0) is 17.8 Å². The Labute approximate surface area is 156 Å². The molecule has 2 aromatic carbocycles. The van der Waals surface area contributed by atoms with Crippen LogP contribution in [0.3, 0.4) is 0 Å². The number of hydrogen-bond acceptors (Lipinski definition) is 3. The number of aromatic nitrogens is 1. The number of aliphatic carboxylic acids is 1. The number of aromatic amines is 1. The number of primary amides is 1. The minimum atomic E-state index is -0.917. The Kier molecular flexibility index (Phi) is 5.26. The second kappa shape index (κ2) is 7.78. The van der Waals surface area contributed by atoms with E-state index in [2.05, 4.69) is 4.98 Å². The molecule has 0 fully saturated rings. The normalized spacial score (nSPS) is 10.6. The maximum atomic E-state index is 11.6. The highest BCUT2D eigenvalue weighted by Crippen LogP contribution is 2.32. The molecule has 0 saturated carbocycles. The van der Waals surface area contributed by atoms with Gasteiger partial charge in [0.05, 0.1) is 17.7 Å². The van der Waals surface area contributed by atoms with Crippen molar-refractivity contribution < 1.29 is 19.4 Å². The number of carboxylic acid groups (broad SMARTS) is 1. The average Bonchev–Trinajstić information content (AvgIpc) is 3.03. The first kappa shape index (κ1) is 18.3. The smallest absolute Gasteiger partial charge is 0.307 e. The fourth-order valence-corrected chi connectivity index (χ4v) is 2.89. The summed E-state index contributed by atoms with van der Waals surface area (Å²) >= 11 is 0. The summed E-state index contributed by atoms with van der Waals surface area (Å²) in [5.74, 6) is -0.854. The molecule has 4 N–H and O–H groups in total. The van der Waals surface area contributed by atoms with Gasteiger partial charge in [0.25, 0.3) is 5.91 Å². The first-order chi connectivity index (χ1) is 12.9. The minimum Gasteiger partial charge on any atom is -0.488 e. The Bertz CT molecular complexity index is 977. The van der Waals surface area contributed by atoms with Crippen LogP contribution in [0.5, 0.6) is 5.75 Å². The highest BCUT2D eigenvalue weighted by molar-refractivity contribution is 5.95. The van der Waals surface area contributed by atoms with Gasteiger partial charge in [-0.1, -0.05) is 36.4 Å². The number of hydrogen-bond donors (Lipinski definition) is 3. The predicted molar refractivity (Wildman–Crippen MR) is 102 cm³/mol. The Morgan fingerprint density at radius 3 is 2.44 bits per heavy atom. The number of nitrogens with two attached hydrogens (primary N) is 1. The van der Waals surface area contributed by atoms with Gasteiger partial charge in [-0.15, -0.1) is 0 Å². The zero-order valence-electron chi connectivity index (χ0n) is 14.9. The van der Waals surface area contributed by atoms with Crippen LogP contribution in [0.1, 0.15) is 27.2 Å². The Balaban J connectivity index is 1.98. The van der Waals surface area contributed by atoms with Gasteiger partial charge < -0.3 is 20.6 Å². The van der Waals surface area contributed by atoms with Gasteiger partial charge in [0.15, 0.2) is 0 Å². The zero-order chi connectivity index (χ0) is 19.4. The van der Waals surface area contributed by atoms with E-state index in [1.54, 1.807) is 31.2 Å². The van der Waals surface area contributed by atoms with Crippen LogP contribution in [0.4, 0.5) is 0 Å². The van der Waals surface area contributed by atoms with E-state index in [1.807, 2.05) is 30.3 Å². The van der Waals surface area contributed by atoms with Gasteiger partial charge in [0, 0.05) is 11.3 Å². The summed E-state index contributed by atoms with van der Waals surface area (Å²) in [5, 5.41) is 9.07. The maximum absolute atomic E-state index is 11.6. The molecular formula is C21H20N2O4. The molecule has 1 heterocycles. The summed E-state index contributed by atoms with van der Waals surface area (Å²) in [5.41, 5.74) is 9.43. The number of carbonyl (C=O) groups is 2. The number of carboxylic acids is 1. The van der Waals surface area contributed by atoms with Crippen molar-refractivity contribution in [2.24, 2.45) is 5.73 Å². The number of H-pyrrole nitrogens is 1. The monoisotopic (exact) mass is 364 g/mol. The van der Waals surface area contributed by atoms with Crippen molar-refractivity contribution in [1.29, 1.82) is 0 Å². The first-order valence-electron chi connectivity index (χ1n) is 8.45. The van der Waals surface area contributed by atoms with E-state index in [1.165, 1.54) is 0 Å². The number of carbonyl (C=O) groups excluding carboxylic acids is 1. The third-order valence-corrected chi connectivity index (χ3v) is 4.21. The van der Waals surface area contributed by atoms with E-state index in [4.69, 9.17) is 15.6 Å². The lowest BCUT2D eigenvalue weighted by Gasteiger charge is -2.12. The standard InChI is InChI=1S/C21H20N2O4/c1-13-16(21(22)26)11-18(23-13)17-9-15(10-20(24)25)7-8-19(17)27-12-14-5-3-2-4-6-14/h2-9,11,23H,10,12H2,1H3,(H2,22,26)(H,24,25). The van der Waals surface area contributed by atoms with Crippen LogP contribution in [0, 0.1) is 6.92 Å². The average molecular weight is 364 g/mol. The maximum Gasteiger partial charge on any atom is 0.307 e. The number of benzene rings is 2. The molecule has 138 valence electrons. The van der Waals surface area contributed by atoms with Crippen molar-refractivity contribution in [3.05, 3.63) is 77.0 Å². The van der Waals surface area contributed by atoms with Gasteiger partial charge in [-0.3, -0.25) is 9.59 Å². The predicted octanol–water partition coefficient (Wildman–Crippen LogP) is 3.30. The van der Waals surface area contributed by atoms with Gasteiger partial charge >= 0.3 is 5.97 Å². The number of ether oxygens (including phenoxy) is 1. The van der Waals surface area contributed by atoms with Gasteiger partial charge in [-0.25, -0.2) is 0 Å². The number of amides is 1. The molecule has 0 spiro atoms. The van der Waals surface area contributed by atoms with E-state index < -0.39 is 11.9 Å². The lowest BCUT2D eigenvalue weighted by atomic mass is 10.0. The van der Waals surface area contributed by atoms with E-state index in [9.17, 15) is 9.59 Å². The highest BCUT2D eigenvalue weighted by atomic mass is 16.5. The molecule has 0 radical (unpaired) electrons. The van der Waals surface area contributed by atoms with Crippen LogP contribution in [0.2, 0.25) is 0 Å². The van der Waals surface area contributed by atoms with Crippen LogP contribution < -0.4 is 10.5 Å². The number of aryl methyl sites for hydroxylation is 1. The molecule has 0 aliphatic heterocycles. The van der Waals surface area contributed by atoms with Crippen molar-refractivity contribution in [3.8, 4) is 17.0 Å². The molecule has 6 heteroatoms. The summed E-state index contributed by atoms with van der Waals surface area (Å²) in [6, 6.07) is 16.6. The molecule has 0 saturated heterocycles. The van der Waals surface area contributed by atoms with Crippen molar-refractivity contribution >= 4 is 11.9 Å². The molecular weight excluding hydrogens is 344 g/mol. The molecule has 1 aromatic heterocycles. The lowest BCUT2D eigenvalue weighted by Crippen LogP contribution is -2.10. The van der Waals surface area contributed by atoms with Crippen molar-refractivity contribution in [3.63, 3.8) is 0 Å². The van der Waals surface area contributed by atoms with Crippen LogP contribution >= 0.6 is 0 Å². The molecule has 0 atom stereocenters. The molecule has 1 amide bonds. The quantitative estimate of drug-likeness (QED) is 0.598. The van der Waals surface area contributed by atoms with E-state index in [0.717, 1.165) is 5.56 Å². The van der Waals surface area contributed by atoms with Crippen LogP contribution in [0.25, 0.3) is 11.3 Å². The van der Waals surface area contributed by atoms with Crippen molar-refractivity contribution in [2.45, 2.75) is 20.0 Å². The van der Waals surface area contributed by atoms with E-state index in [-0.39, 0.29) is 6.42 Å². The molecule has 0 aliphatic rings. The molecule has 3 rings (SSSR count). The van der Waals surface area contributed by atoms with Crippen LogP contribution in [0.15, 0.2) is 54.6 Å². The van der Waals surface area contributed by atoms with Gasteiger partial charge in [-0.2, -0.15) is 0 Å². The third-order valence-electron chi connectivity index (χ3n) is 4.21. The highest BCUT2D eigenvalue weighted by Gasteiger charge is 2.15. The Morgan fingerprint density at radius 1 is 1.07 bits per heavy atom. The minimum absolute atomic E-state index is 0.103. The second-order valence-corrected chi connectivity index (χ2v) is 6.26. The third kappa shape index (κ3) is 4.36. The summed E-state index contributed by atoms with van der Waals surface area (Å²) in [6.07, 6.45) is -0.103. The molecule has 0 unspecified atom stereocenters. The SMILES string of the molecule is Cc1[nH]c(-c2cc(CC(=O)O)ccc2OCc2ccccc2)cc1C(N)=O. The van der Waals surface area contributed by atoms with E-state index in [0.29, 0.717) is 40.4 Å². The van der Waals surface area contributed by atoms with Gasteiger partial charge in [0.2, 0.25) is 0 Å². The fourth-order valence-electron chi connectivity index (χ4n) is 2.89. The van der Waals surface area contributed by atoms with Gasteiger partial charge in [0.1, 0.15) is 12.4 Å². The molecule has 27 heavy (non-hydrogen) atoms.